The first-order chi connectivity index (χ1) is 4.63. The molecule has 0 aromatic rings. The van der Waals surface area contributed by atoms with E-state index in [0.717, 1.165) is 0 Å². The second kappa shape index (κ2) is 6.43. The average molecular weight is 190 g/mol. The zero-order valence-corrected chi connectivity index (χ0v) is 9.35. The molecule has 0 aliphatic carbocycles. The zero-order chi connectivity index (χ0) is 8.20. The number of nitro groups is 1. The van der Waals surface area contributed by atoms with Crippen molar-refractivity contribution in [2.45, 2.75) is 5.54 Å². The molecule has 0 aromatic carbocycles. The smallest absolute Gasteiger partial charge is 0.289 e. The van der Waals surface area contributed by atoms with Crippen LogP contribution in [0.3, 0.4) is 0 Å². The van der Waals surface area contributed by atoms with Crippen molar-refractivity contribution in [3.63, 3.8) is 0 Å². The van der Waals surface area contributed by atoms with Gasteiger partial charge < -0.3 is 15.3 Å². The molecule has 1 radical (unpaired) electrons. The Balaban J connectivity index is 0. The predicted octanol–water partition coefficient (Wildman–Crippen LogP) is -2.40. The summed E-state index contributed by atoms with van der Waals surface area (Å²) < 4.78 is 0. The molecular weight excluding hydrogens is 181 g/mol. The monoisotopic (exact) mass is 190 g/mol. The van der Waals surface area contributed by atoms with Gasteiger partial charge in [0.05, 0.1) is 0 Å². The maximum Gasteiger partial charge on any atom is 0.289 e. The minimum Gasteiger partial charge on any atom is -0.389 e. The Kier molecular flexibility index (Phi) is 8.45. The van der Waals surface area contributed by atoms with Crippen molar-refractivity contribution in [1.29, 1.82) is 0 Å². The van der Waals surface area contributed by atoms with E-state index in [-0.39, 0.29) is 51.4 Å². The normalized spacial score (nSPS) is 10.5. The first kappa shape index (κ1) is 14.4. The van der Waals surface area contributed by atoms with Gasteiger partial charge in [-0.1, -0.05) is 0 Å². The van der Waals surface area contributed by atoms with Crippen molar-refractivity contribution in [1.82, 2.24) is 0 Å². The predicted molar refractivity (Wildman–Crippen MR) is 36.7 cm³/mol. The van der Waals surface area contributed by atoms with Crippen LogP contribution < -0.4 is 0 Å². The van der Waals surface area contributed by atoms with Crippen LogP contribution in [0.4, 0.5) is 0 Å². The minimum atomic E-state index is -1.99. The summed E-state index contributed by atoms with van der Waals surface area (Å²) in [6.45, 7) is -2.60. The molecule has 0 heterocycles. The number of hydrogen-bond donors (Lipinski definition) is 3. The quantitative estimate of drug-likeness (QED) is 0.260. The third-order valence-corrected chi connectivity index (χ3v) is 1.27. The van der Waals surface area contributed by atoms with E-state index in [4.69, 9.17) is 15.3 Å². The van der Waals surface area contributed by atoms with E-state index in [9.17, 15) is 10.1 Å². The van der Waals surface area contributed by atoms with E-state index in [1.807, 2.05) is 0 Å². The molecule has 0 aliphatic rings. The molecule has 0 aromatic heterocycles. The van der Waals surface area contributed by atoms with Crippen LogP contribution in [0.5, 0.6) is 0 Å². The summed E-state index contributed by atoms with van der Waals surface area (Å²) in [4.78, 5) is 9.14. The SMILES string of the molecule is O=[N+]([O-])C(CO)(CO)CO.[K]. The van der Waals surface area contributed by atoms with Crippen LogP contribution in [0.1, 0.15) is 0 Å². The molecule has 11 heavy (non-hydrogen) atoms. The fraction of sp³-hybridized carbons (Fsp3) is 1.00. The summed E-state index contributed by atoms with van der Waals surface area (Å²) in [5.74, 6) is 0. The van der Waals surface area contributed by atoms with Crippen LogP contribution in [-0.4, -0.2) is 97.0 Å². The Morgan fingerprint density at radius 3 is 1.45 bits per heavy atom. The molecule has 0 spiro atoms. The topological polar surface area (TPSA) is 104 Å². The molecule has 0 rings (SSSR count). The van der Waals surface area contributed by atoms with Gasteiger partial charge in [0.2, 0.25) is 0 Å². The minimum absolute atomic E-state index is 0. The van der Waals surface area contributed by atoms with Gasteiger partial charge in [0.15, 0.2) is 0 Å². The van der Waals surface area contributed by atoms with E-state index in [2.05, 4.69) is 0 Å². The fourth-order valence-electron chi connectivity index (χ4n) is 0.323. The molecule has 0 atom stereocenters. The van der Waals surface area contributed by atoms with E-state index >= 15 is 0 Å². The third-order valence-electron chi connectivity index (χ3n) is 1.27. The maximum atomic E-state index is 10.0. The zero-order valence-electron chi connectivity index (χ0n) is 6.23. The fourth-order valence-corrected chi connectivity index (χ4v) is 0.323. The number of nitrogens with zero attached hydrogens (tertiary/aromatic N) is 1. The van der Waals surface area contributed by atoms with Crippen LogP contribution in [0.15, 0.2) is 0 Å². The van der Waals surface area contributed by atoms with Crippen LogP contribution in [0.2, 0.25) is 0 Å². The summed E-state index contributed by atoms with van der Waals surface area (Å²) in [6.07, 6.45) is 0. The van der Waals surface area contributed by atoms with Gasteiger partial charge in [0, 0.05) is 56.3 Å². The Morgan fingerprint density at radius 1 is 1.18 bits per heavy atom. The van der Waals surface area contributed by atoms with Crippen molar-refractivity contribution < 1.29 is 20.2 Å². The molecule has 0 bridgehead atoms. The Morgan fingerprint density at radius 2 is 1.45 bits per heavy atom. The number of rotatable bonds is 4. The van der Waals surface area contributed by atoms with Gasteiger partial charge in [0.25, 0.3) is 5.54 Å². The average Bonchev–Trinajstić information content (AvgIpc) is 1.92. The van der Waals surface area contributed by atoms with Gasteiger partial charge in [-0.15, -0.1) is 0 Å². The van der Waals surface area contributed by atoms with Gasteiger partial charge in [-0.3, -0.25) is 10.1 Å². The second-order valence-electron chi connectivity index (χ2n) is 1.96. The number of aliphatic hydroxyl groups excluding tert-OH is 3. The molecule has 61 valence electrons. The summed E-state index contributed by atoms with van der Waals surface area (Å²) in [5, 5.41) is 35.2. The molecule has 0 amide bonds. The molecule has 6 nitrogen and oxygen atoms in total. The summed E-state index contributed by atoms with van der Waals surface area (Å²) in [6, 6.07) is 0. The first-order valence-electron chi connectivity index (χ1n) is 2.60. The first-order valence-corrected chi connectivity index (χ1v) is 2.60. The van der Waals surface area contributed by atoms with Crippen LogP contribution in [0, 0.1) is 10.1 Å². The molecule has 7 heteroatoms. The number of aliphatic hydroxyl groups is 3. The standard InChI is InChI=1S/C4H9NO5.K/c6-1-4(2-7,3-8)5(9)10;/h6-8H,1-3H2;. The largest absolute Gasteiger partial charge is 0.389 e. The van der Waals surface area contributed by atoms with E-state index in [1.54, 1.807) is 0 Å². The molecular formula is C4H9KNO5. The summed E-state index contributed by atoms with van der Waals surface area (Å²) in [5.41, 5.74) is -1.99. The van der Waals surface area contributed by atoms with Crippen molar-refractivity contribution >= 4 is 51.4 Å². The van der Waals surface area contributed by atoms with Crippen molar-refractivity contribution in [3.05, 3.63) is 10.1 Å². The van der Waals surface area contributed by atoms with Gasteiger partial charge in [-0.2, -0.15) is 0 Å². The van der Waals surface area contributed by atoms with Gasteiger partial charge in [0.1, 0.15) is 19.8 Å². The molecule has 0 saturated carbocycles. The van der Waals surface area contributed by atoms with Gasteiger partial charge in [-0.05, 0) is 0 Å². The van der Waals surface area contributed by atoms with Crippen LogP contribution >= 0.6 is 0 Å². The Bertz CT molecular complexity index is 117. The molecule has 0 aliphatic heterocycles. The van der Waals surface area contributed by atoms with Gasteiger partial charge in [-0.25, -0.2) is 0 Å². The molecule has 0 saturated heterocycles. The Labute approximate surface area is 106 Å². The van der Waals surface area contributed by atoms with Crippen LogP contribution in [0.25, 0.3) is 0 Å². The van der Waals surface area contributed by atoms with Crippen molar-refractivity contribution in [2.75, 3.05) is 19.8 Å². The summed E-state index contributed by atoms with van der Waals surface area (Å²) >= 11 is 0. The second-order valence-corrected chi connectivity index (χ2v) is 1.96. The molecule has 3 N–H and O–H groups in total. The Hall–Kier alpha value is 0.916. The summed E-state index contributed by atoms with van der Waals surface area (Å²) in [7, 11) is 0. The van der Waals surface area contributed by atoms with Crippen molar-refractivity contribution in [3.8, 4) is 0 Å². The van der Waals surface area contributed by atoms with E-state index < -0.39 is 30.3 Å². The number of hydrogen-bond acceptors (Lipinski definition) is 5. The maximum absolute atomic E-state index is 10.0. The molecule has 0 unspecified atom stereocenters. The van der Waals surface area contributed by atoms with Crippen LogP contribution in [-0.2, 0) is 0 Å². The van der Waals surface area contributed by atoms with E-state index in [0.29, 0.717) is 0 Å². The van der Waals surface area contributed by atoms with Gasteiger partial charge >= 0.3 is 0 Å². The van der Waals surface area contributed by atoms with E-state index in [1.165, 1.54) is 0 Å². The third kappa shape index (κ3) is 3.43. The molecule has 0 fully saturated rings. The van der Waals surface area contributed by atoms with Crippen molar-refractivity contribution in [2.24, 2.45) is 0 Å².